The molecule has 3 heteroatoms. The lowest BCUT2D eigenvalue weighted by Crippen LogP contribution is -1.93. The van der Waals surface area contributed by atoms with Crippen LogP contribution in [0.3, 0.4) is 0 Å². The van der Waals surface area contributed by atoms with E-state index in [2.05, 4.69) is 23.8 Å². The molecule has 0 N–H and O–H groups in total. The van der Waals surface area contributed by atoms with E-state index in [0.29, 0.717) is 17.5 Å². The van der Waals surface area contributed by atoms with Crippen LogP contribution in [0.1, 0.15) is 25.5 Å². The summed E-state index contributed by atoms with van der Waals surface area (Å²) in [6, 6.07) is 9.45. The Bertz CT molecular complexity index is 437. The maximum absolute atomic E-state index is 5.54. The van der Waals surface area contributed by atoms with Crippen LogP contribution in [0.15, 0.2) is 42.7 Å². The highest BCUT2D eigenvalue weighted by atomic mass is 16.5. The van der Waals surface area contributed by atoms with E-state index in [1.54, 1.807) is 12.4 Å². The molecule has 2 rings (SSSR count). The molecule has 0 aromatic carbocycles. The van der Waals surface area contributed by atoms with E-state index in [0.717, 1.165) is 5.69 Å². The minimum Gasteiger partial charge on any atom is -0.437 e. The van der Waals surface area contributed by atoms with Crippen molar-refractivity contribution < 1.29 is 4.74 Å². The second-order valence-corrected chi connectivity index (χ2v) is 3.84. The maximum atomic E-state index is 5.54. The van der Waals surface area contributed by atoms with Crippen molar-refractivity contribution in [2.24, 2.45) is 0 Å². The molecule has 2 aromatic rings. The Morgan fingerprint density at radius 3 is 2.50 bits per heavy atom. The first-order valence-electron chi connectivity index (χ1n) is 5.30. The van der Waals surface area contributed by atoms with E-state index in [1.807, 2.05) is 30.3 Å². The van der Waals surface area contributed by atoms with E-state index < -0.39 is 0 Å². The Kier molecular flexibility index (Phi) is 3.15. The van der Waals surface area contributed by atoms with Crippen LogP contribution in [0, 0.1) is 0 Å². The quantitative estimate of drug-likeness (QED) is 0.785. The summed E-state index contributed by atoms with van der Waals surface area (Å²) in [5.74, 6) is 1.73. The number of aromatic nitrogens is 2. The molecule has 0 saturated heterocycles. The lowest BCUT2D eigenvalue weighted by atomic mass is 10.1. The maximum Gasteiger partial charge on any atom is 0.219 e. The Morgan fingerprint density at radius 2 is 1.94 bits per heavy atom. The van der Waals surface area contributed by atoms with Crippen LogP contribution < -0.4 is 4.74 Å². The second kappa shape index (κ2) is 4.75. The van der Waals surface area contributed by atoms with Crippen LogP contribution >= 0.6 is 0 Å². The molecule has 2 heterocycles. The molecule has 0 aliphatic carbocycles. The fourth-order valence-corrected chi connectivity index (χ4v) is 1.32. The molecule has 0 aliphatic heterocycles. The molecule has 0 unspecified atom stereocenters. The highest BCUT2D eigenvalue weighted by Crippen LogP contribution is 2.19. The van der Waals surface area contributed by atoms with Gasteiger partial charge in [-0.05, 0) is 24.1 Å². The Balaban J connectivity index is 2.11. The van der Waals surface area contributed by atoms with Crippen LogP contribution in [0.5, 0.6) is 11.6 Å². The molecule has 2 aromatic heterocycles. The van der Waals surface area contributed by atoms with Crippen molar-refractivity contribution in [1.29, 1.82) is 0 Å². The minimum absolute atomic E-state index is 0.434. The molecule has 0 bridgehead atoms. The second-order valence-electron chi connectivity index (χ2n) is 3.84. The number of hydrogen-bond acceptors (Lipinski definition) is 3. The van der Waals surface area contributed by atoms with Crippen molar-refractivity contribution >= 4 is 0 Å². The predicted molar refractivity (Wildman–Crippen MR) is 62.6 cm³/mol. The van der Waals surface area contributed by atoms with Crippen molar-refractivity contribution in [3.8, 4) is 11.6 Å². The van der Waals surface area contributed by atoms with Gasteiger partial charge in [-0.1, -0.05) is 19.9 Å². The molecule has 3 nitrogen and oxygen atoms in total. The molecule has 0 aliphatic rings. The highest BCUT2D eigenvalue weighted by Gasteiger charge is 2.02. The number of ether oxygens (including phenoxy) is 1. The summed E-state index contributed by atoms with van der Waals surface area (Å²) in [6.45, 7) is 4.23. The Labute approximate surface area is 95.1 Å². The van der Waals surface area contributed by atoms with Gasteiger partial charge in [0.25, 0.3) is 0 Å². The van der Waals surface area contributed by atoms with E-state index in [-0.39, 0.29) is 0 Å². The molecular weight excluding hydrogens is 200 g/mol. The summed E-state index contributed by atoms with van der Waals surface area (Å²) in [5, 5.41) is 0. The molecule has 0 fully saturated rings. The number of pyridine rings is 2. The van der Waals surface area contributed by atoms with Gasteiger partial charge in [-0.3, -0.25) is 4.98 Å². The zero-order valence-corrected chi connectivity index (χ0v) is 9.42. The van der Waals surface area contributed by atoms with Gasteiger partial charge >= 0.3 is 0 Å². The van der Waals surface area contributed by atoms with Gasteiger partial charge in [-0.25, -0.2) is 4.98 Å². The number of rotatable bonds is 3. The summed E-state index contributed by atoms with van der Waals surface area (Å²) in [5.41, 5.74) is 1.06. The standard InChI is InChI=1S/C13H14N2O/c1-10(2)12-7-6-11(9-15-12)16-13-5-3-4-8-14-13/h3-10H,1-2H3. The molecule has 0 amide bonds. The molecule has 0 saturated carbocycles. The first-order valence-corrected chi connectivity index (χ1v) is 5.30. The minimum atomic E-state index is 0.434. The molecule has 82 valence electrons. The first-order chi connectivity index (χ1) is 7.75. The average Bonchev–Trinajstić information content (AvgIpc) is 2.31. The first kappa shape index (κ1) is 10.6. The zero-order chi connectivity index (χ0) is 11.4. The smallest absolute Gasteiger partial charge is 0.219 e. The van der Waals surface area contributed by atoms with E-state index in [9.17, 15) is 0 Å². The van der Waals surface area contributed by atoms with E-state index >= 15 is 0 Å². The van der Waals surface area contributed by atoms with Gasteiger partial charge < -0.3 is 4.74 Å². The van der Waals surface area contributed by atoms with Gasteiger partial charge in [0.2, 0.25) is 5.88 Å². The van der Waals surface area contributed by atoms with Gasteiger partial charge in [-0.2, -0.15) is 0 Å². The van der Waals surface area contributed by atoms with Crippen molar-refractivity contribution in [2.75, 3.05) is 0 Å². The summed E-state index contributed by atoms with van der Waals surface area (Å²) < 4.78 is 5.54. The van der Waals surface area contributed by atoms with Gasteiger partial charge in [0, 0.05) is 18.0 Å². The SMILES string of the molecule is CC(C)c1ccc(Oc2ccccn2)cn1. The third-order valence-electron chi connectivity index (χ3n) is 2.21. The average molecular weight is 214 g/mol. The Hall–Kier alpha value is -1.90. The monoisotopic (exact) mass is 214 g/mol. The summed E-state index contributed by atoms with van der Waals surface area (Å²) in [4.78, 5) is 8.40. The van der Waals surface area contributed by atoms with Gasteiger partial charge in [0.05, 0.1) is 6.20 Å². The van der Waals surface area contributed by atoms with E-state index in [4.69, 9.17) is 4.74 Å². The van der Waals surface area contributed by atoms with Crippen LogP contribution in [0.25, 0.3) is 0 Å². The number of nitrogens with zero attached hydrogens (tertiary/aromatic N) is 2. The molecule has 16 heavy (non-hydrogen) atoms. The normalized spacial score (nSPS) is 10.4. The Morgan fingerprint density at radius 1 is 1.06 bits per heavy atom. The van der Waals surface area contributed by atoms with Crippen molar-refractivity contribution in [3.63, 3.8) is 0 Å². The highest BCUT2D eigenvalue weighted by molar-refractivity contribution is 5.25. The molecule has 0 radical (unpaired) electrons. The van der Waals surface area contributed by atoms with Gasteiger partial charge in [0.1, 0.15) is 5.75 Å². The number of hydrogen-bond donors (Lipinski definition) is 0. The molecule has 0 spiro atoms. The van der Waals surface area contributed by atoms with Crippen LogP contribution in [-0.4, -0.2) is 9.97 Å². The molecular formula is C13H14N2O. The van der Waals surface area contributed by atoms with Crippen molar-refractivity contribution in [1.82, 2.24) is 9.97 Å². The lowest BCUT2D eigenvalue weighted by Gasteiger charge is -2.06. The predicted octanol–water partition coefficient (Wildman–Crippen LogP) is 3.39. The van der Waals surface area contributed by atoms with Crippen LogP contribution in [-0.2, 0) is 0 Å². The van der Waals surface area contributed by atoms with Crippen molar-refractivity contribution in [3.05, 3.63) is 48.4 Å². The van der Waals surface area contributed by atoms with Crippen LogP contribution in [0.2, 0.25) is 0 Å². The third-order valence-corrected chi connectivity index (χ3v) is 2.21. The van der Waals surface area contributed by atoms with Gasteiger partial charge in [0.15, 0.2) is 0 Å². The van der Waals surface area contributed by atoms with E-state index in [1.165, 1.54) is 0 Å². The fraction of sp³-hybridized carbons (Fsp3) is 0.231. The summed E-state index contributed by atoms with van der Waals surface area (Å²) >= 11 is 0. The third kappa shape index (κ3) is 2.57. The zero-order valence-electron chi connectivity index (χ0n) is 9.42. The van der Waals surface area contributed by atoms with Crippen LogP contribution in [0.4, 0.5) is 0 Å². The van der Waals surface area contributed by atoms with Gasteiger partial charge in [-0.15, -0.1) is 0 Å². The summed E-state index contributed by atoms with van der Waals surface area (Å²) in [7, 11) is 0. The topological polar surface area (TPSA) is 35.0 Å². The summed E-state index contributed by atoms with van der Waals surface area (Å²) in [6.07, 6.45) is 3.43. The lowest BCUT2D eigenvalue weighted by molar-refractivity contribution is 0.460. The fourth-order valence-electron chi connectivity index (χ4n) is 1.32. The molecule has 0 atom stereocenters. The largest absolute Gasteiger partial charge is 0.437 e. The van der Waals surface area contributed by atoms with Crippen molar-refractivity contribution in [2.45, 2.75) is 19.8 Å².